The molecule has 2 heterocycles. The molecule has 1 N–H and O–H groups in total. The Morgan fingerprint density at radius 2 is 2.09 bits per heavy atom. The fourth-order valence-corrected chi connectivity index (χ4v) is 5.03. The van der Waals surface area contributed by atoms with Crippen LogP contribution in [0.4, 0.5) is 5.00 Å². The zero-order chi connectivity index (χ0) is 24.7. The quantitative estimate of drug-likeness (QED) is 0.207. The number of hydrogen-bond donors (Lipinski definition) is 1. The van der Waals surface area contributed by atoms with E-state index < -0.39 is 5.97 Å². The number of hydrogen-bond acceptors (Lipinski definition) is 8. The third-order valence-corrected chi connectivity index (χ3v) is 7.04. The Kier molecular flexibility index (Phi) is 9.14. The van der Waals surface area contributed by atoms with E-state index in [0.717, 1.165) is 11.3 Å². The van der Waals surface area contributed by atoms with E-state index in [1.165, 1.54) is 23.1 Å². The van der Waals surface area contributed by atoms with Crippen LogP contribution in [0, 0.1) is 0 Å². The molecule has 0 unspecified atom stereocenters. The second-order valence-corrected chi connectivity index (χ2v) is 9.43. The van der Waals surface area contributed by atoms with Crippen LogP contribution in [0.3, 0.4) is 0 Å². The average molecular weight is 521 g/mol. The van der Waals surface area contributed by atoms with Crippen LogP contribution < -0.4 is 10.1 Å². The molecule has 180 valence electrons. The summed E-state index contributed by atoms with van der Waals surface area (Å²) >= 11 is 8.78. The Balaban J connectivity index is 1.78. The summed E-state index contributed by atoms with van der Waals surface area (Å²) in [5.41, 5.74) is 1.05. The van der Waals surface area contributed by atoms with Gasteiger partial charge in [0.25, 0.3) is 0 Å². The molecule has 0 saturated carbocycles. The molecule has 3 aromatic rings. The Hall–Kier alpha value is -2.82. The SMILES string of the molecule is C=CCn1c(SCC(=O)Nc2sc(CC)cc2C(=O)OCC)nnc1-c1cc(Cl)ccc1OC. The van der Waals surface area contributed by atoms with Crippen LogP contribution in [0.5, 0.6) is 5.75 Å². The van der Waals surface area contributed by atoms with Gasteiger partial charge in [0.15, 0.2) is 11.0 Å². The maximum atomic E-state index is 12.7. The summed E-state index contributed by atoms with van der Waals surface area (Å²) in [5, 5.41) is 13.0. The van der Waals surface area contributed by atoms with Crippen LogP contribution in [0.25, 0.3) is 11.4 Å². The van der Waals surface area contributed by atoms with E-state index >= 15 is 0 Å². The average Bonchev–Trinajstić information content (AvgIpc) is 3.42. The standard InChI is InChI=1S/C23H25ClN4O4S2/c1-5-10-28-20(16-11-14(24)8-9-18(16)31-4)26-27-23(28)33-13-19(29)25-21-17(22(30)32-7-3)12-15(6-2)34-21/h5,8-9,11-12H,1,6-7,10,13H2,2-4H3,(H,25,29). The van der Waals surface area contributed by atoms with Crippen LogP contribution in [0.2, 0.25) is 5.02 Å². The predicted octanol–water partition coefficient (Wildman–Crippen LogP) is 5.32. The maximum Gasteiger partial charge on any atom is 0.341 e. The molecule has 0 bridgehead atoms. The van der Waals surface area contributed by atoms with Gasteiger partial charge < -0.3 is 14.8 Å². The van der Waals surface area contributed by atoms with Crippen molar-refractivity contribution in [3.05, 3.63) is 52.4 Å². The van der Waals surface area contributed by atoms with Gasteiger partial charge in [-0.15, -0.1) is 28.1 Å². The van der Waals surface area contributed by atoms with Gasteiger partial charge in [-0.05, 0) is 37.6 Å². The van der Waals surface area contributed by atoms with Crippen molar-refractivity contribution < 1.29 is 19.1 Å². The van der Waals surface area contributed by atoms with Crippen LogP contribution >= 0.6 is 34.7 Å². The first kappa shape index (κ1) is 25.8. The highest BCUT2D eigenvalue weighted by atomic mass is 35.5. The monoisotopic (exact) mass is 520 g/mol. The smallest absolute Gasteiger partial charge is 0.341 e. The first-order valence-corrected chi connectivity index (χ1v) is 12.7. The number of thioether (sulfide) groups is 1. The van der Waals surface area contributed by atoms with E-state index in [1.807, 2.05) is 11.5 Å². The minimum atomic E-state index is -0.452. The molecule has 0 aliphatic heterocycles. The molecule has 8 nitrogen and oxygen atoms in total. The summed E-state index contributed by atoms with van der Waals surface area (Å²) in [6, 6.07) is 7.01. The van der Waals surface area contributed by atoms with E-state index in [4.69, 9.17) is 21.1 Å². The summed E-state index contributed by atoms with van der Waals surface area (Å²) in [7, 11) is 1.57. The predicted molar refractivity (Wildman–Crippen MR) is 136 cm³/mol. The van der Waals surface area contributed by atoms with E-state index in [0.29, 0.717) is 44.4 Å². The molecule has 0 spiro atoms. The molecule has 34 heavy (non-hydrogen) atoms. The van der Waals surface area contributed by atoms with Crippen molar-refractivity contribution in [2.24, 2.45) is 0 Å². The number of nitrogens with zero attached hydrogens (tertiary/aromatic N) is 3. The number of anilines is 1. The zero-order valence-electron chi connectivity index (χ0n) is 19.1. The third kappa shape index (κ3) is 5.99. The molecule has 11 heteroatoms. The lowest BCUT2D eigenvalue weighted by atomic mass is 10.2. The number of halogens is 1. The van der Waals surface area contributed by atoms with Crippen molar-refractivity contribution in [3.8, 4) is 17.1 Å². The normalized spacial score (nSPS) is 10.7. The highest BCUT2D eigenvalue weighted by Crippen LogP contribution is 2.34. The highest BCUT2D eigenvalue weighted by molar-refractivity contribution is 7.99. The van der Waals surface area contributed by atoms with Gasteiger partial charge in [0.2, 0.25) is 5.91 Å². The zero-order valence-corrected chi connectivity index (χ0v) is 21.5. The first-order valence-electron chi connectivity index (χ1n) is 10.5. The molecule has 0 radical (unpaired) electrons. The van der Waals surface area contributed by atoms with Gasteiger partial charge in [0, 0.05) is 16.4 Å². The van der Waals surface area contributed by atoms with Crippen molar-refractivity contribution in [2.75, 3.05) is 24.8 Å². The number of nitrogens with one attached hydrogen (secondary N) is 1. The number of carbonyl (C=O) groups is 2. The van der Waals surface area contributed by atoms with Gasteiger partial charge in [0.1, 0.15) is 10.8 Å². The molecular weight excluding hydrogens is 496 g/mol. The fourth-order valence-electron chi connectivity index (χ4n) is 3.11. The molecule has 1 aromatic carbocycles. The van der Waals surface area contributed by atoms with E-state index in [2.05, 4.69) is 22.1 Å². The highest BCUT2D eigenvalue weighted by Gasteiger charge is 2.21. The number of thiophene rings is 1. The topological polar surface area (TPSA) is 95.3 Å². The van der Waals surface area contributed by atoms with Crippen LogP contribution in [0.15, 0.2) is 42.1 Å². The summed E-state index contributed by atoms with van der Waals surface area (Å²) in [6.45, 7) is 8.23. The number of methoxy groups -OCH3 is 1. The third-order valence-electron chi connectivity index (χ3n) is 4.64. The van der Waals surface area contributed by atoms with Crippen molar-refractivity contribution >= 4 is 51.6 Å². The molecule has 0 aliphatic carbocycles. The minimum Gasteiger partial charge on any atom is -0.496 e. The lowest BCUT2D eigenvalue weighted by Gasteiger charge is -2.11. The minimum absolute atomic E-state index is 0.0730. The van der Waals surface area contributed by atoms with Gasteiger partial charge in [-0.3, -0.25) is 9.36 Å². The number of ether oxygens (including phenoxy) is 2. The fraction of sp³-hybridized carbons (Fsp3) is 0.304. The molecule has 0 aliphatic rings. The van der Waals surface area contributed by atoms with Crippen LogP contribution in [-0.2, 0) is 22.5 Å². The molecule has 1 amide bonds. The van der Waals surface area contributed by atoms with E-state index in [9.17, 15) is 9.59 Å². The van der Waals surface area contributed by atoms with Crippen LogP contribution in [0.1, 0.15) is 29.1 Å². The summed E-state index contributed by atoms with van der Waals surface area (Å²) < 4.78 is 12.4. The number of allylic oxidation sites excluding steroid dienone is 1. The maximum absolute atomic E-state index is 12.7. The van der Waals surface area contributed by atoms with Gasteiger partial charge in [-0.25, -0.2) is 4.79 Å². The molecule has 0 saturated heterocycles. The van der Waals surface area contributed by atoms with Crippen molar-refractivity contribution in [2.45, 2.75) is 32.0 Å². The molecule has 2 aromatic heterocycles. The number of aromatic nitrogens is 3. The Bertz CT molecular complexity index is 1190. The Labute approximate surface area is 211 Å². The van der Waals surface area contributed by atoms with E-state index in [-0.39, 0.29) is 18.3 Å². The number of benzene rings is 1. The lowest BCUT2D eigenvalue weighted by Crippen LogP contribution is -2.16. The summed E-state index contributed by atoms with van der Waals surface area (Å²) in [4.78, 5) is 26.0. The first-order chi connectivity index (χ1) is 16.4. The van der Waals surface area contributed by atoms with Gasteiger partial charge >= 0.3 is 5.97 Å². The van der Waals surface area contributed by atoms with Gasteiger partial charge in [-0.2, -0.15) is 0 Å². The largest absolute Gasteiger partial charge is 0.496 e. The molecular formula is C23H25ClN4O4S2. The Morgan fingerprint density at radius 1 is 1.29 bits per heavy atom. The van der Waals surface area contributed by atoms with Crippen LogP contribution in [-0.4, -0.2) is 46.1 Å². The van der Waals surface area contributed by atoms with Gasteiger partial charge in [0.05, 0.1) is 30.6 Å². The lowest BCUT2D eigenvalue weighted by molar-refractivity contribution is -0.113. The van der Waals surface area contributed by atoms with Crippen molar-refractivity contribution in [1.29, 1.82) is 0 Å². The summed E-state index contributed by atoms with van der Waals surface area (Å²) in [6.07, 6.45) is 2.47. The van der Waals surface area contributed by atoms with Crippen molar-refractivity contribution in [3.63, 3.8) is 0 Å². The van der Waals surface area contributed by atoms with Gasteiger partial charge in [-0.1, -0.05) is 36.4 Å². The Morgan fingerprint density at radius 3 is 2.76 bits per heavy atom. The molecule has 0 fully saturated rings. The number of amides is 1. The number of aryl methyl sites for hydroxylation is 1. The second kappa shape index (κ2) is 12.0. The number of esters is 1. The van der Waals surface area contributed by atoms with Crippen molar-refractivity contribution in [1.82, 2.24) is 14.8 Å². The number of rotatable bonds is 11. The second-order valence-electron chi connectivity index (χ2n) is 6.92. The van der Waals surface area contributed by atoms with E-state index in [1.54, 1.807) is 44.4 Å². The molecule has 0 atom stereocenters. The molecule has 3 rings (SSSR count). The number of carbonyl (C=O) groups excluding carboxylic acids is 2. The summed E-state index contributed by atoms with van der Waals surface area (Å²) in [5.74, 6) is 0.510.